The maximum absolute atomic E-state index is 12.3. The lowest BCUT2D eigenvalue weighted by molar-refractivity contribution is 0.0697. The molecule has 0 unspecified atom stereocenters. The molecule has 5 nitrogen and oxygen atoms in total. The third-order valence-electron chi connectivity index (χ3n) is 2.72. The first kappa shape index (κ1) is 15.0. The zero-order chi connectivity index (χ0) is 14.4. The number of anilines is 1. The van der Waals surface area contributed by atoms with Gasteiger partial charge in [0.25, 0.3) is 5.91 Å². The fraction of sp³-hybridized carbons (Fsp3) is 0.429. The Hall–Kier alpha value is -2.04. The van der Waals surface area contributed by atoms with Gasteiger partial charge in [0, 0.05) is 24.3 Å². The van der Waals surface area contributed by atoms with Crippen LogP contribution in [0.25, 0.3) is 0 Å². The molecule has 0 aliphatic carbocycles. The first-order chi connectivity index (χ1) is 8.99. The summed E-state index contributed by atoms with van der Waals surface area (Å²) in [7, 11) is 0. The van der Waals surface area contributed by atoms with E-state index in [4.69, 9.17) is 10.8 Å². The van der Waals surface area contributed by atoms with Crippen LogP contribution in [0.5, 0.6) is 0 Å². The largest absolute Gasteiger partial charge is 0.478 e. The van der Waals surface area contributed by atoms with Gasteiger partial charge in [-0.05, 0) is 31.0 Å². The van der Waals surface area contributed by atoms with E-state index < -0.39 is 5.97 Å². The molecule has 0 saturated carbocycles. The predicted molar refractivity (Wildman–Crippen MR) is 74.3 cm³/mol. The van der Waals surface area contributed by atoms with Gasteiger partial charge in [-0.2, -0.15) is 0 Å². The number of carboxylic acids is 1. The number of hydrogen-bond donors (Lipinski definition) is 2. The van der Waals surface area contributed by atoms with Crippen molar-refractivity contribution in [3.8, 4) is 0 Å². The van der Waals surface area contributed by atoms with Crippen molar-refractivity contribution in [1.82, 2.24) is 4.90 Å². The van der Waals surface area contributed by atoms with Crippen molar-refractivity contribution in [2.45, 2.75) is 26.7 Å². The molecule has 3 N–H and O–H groups in total. The van der Waals surface area contributed by atoms with E-state index in [0.29, 0.717) is 18.7 Å². The Balaban J connectivity index is 3.06. The highest BCUT2D eigenvalue weighted by Gasteiger charge is 2.16. The lowest BCUT2D eigenvalue weighted by atomic mass is 10.1. The van der Waals surface area contributed by atoms with Crippen LogP contribution in [0, 0.1) is 0 Å². The van der Waals surface area contributed by atoms with Crippen LogP contribution in [0.2, 0.25) is 0 Å². The summed E-state index contributed by atoms with van der Waals surface area (Å²) in [6.07, 6.45) is 1.72. The summed E-state index contributed by atoms with van der Waals surface area (Å²) in [6, 6.07) is 4.25. The van der Waals surface area contributed by atoms with Gasteiger partial charge < -0.3 is 15.7 Å². The second-order valence-electron chi connectivity index (χ2n) is 4.44. The number of rotatable bonds is 6. The summed E-state index contributed by atoms with van der Waals surface area (Å²) in [4.78, 5) is 25.0. The minimum absolute atomic E-state index is 0.0382. The van der Waals surface area contributed by atoms with Crippen molar-refractivity contribution < 1.29 is 14.7 Å². The molecule has 0 aliphatic rings. The number of carbonyl (C=O) groups excluding carboxylic acids is 1. The average molecular weight is 264 g/mol. The van der Waals surface area contributed by atoms with Gasteiger partial charge in [0.05, 0.1) is 5.56 Å². The average Bonchev–Trinajstić information content (AvgIpc) is 2.37. The number of carbonyl (C=O) groups is 2. The van der Waals surface area contributed by atoms with Crippen LogP contribution in [0.1, 0.15) is 47.4 Å². The highest BCUT2D eigenvalue weighted by atomic mass is 16.4. The molecular weight excluding hydrogens is 244 g/mol. The Labute approximate surface area is 113 Å². The van der Waals surface area contributed by atoms with E-state index in [1.54, 1.807) is 4.90 Å². The van der Waals surface area contributed by atoms with Crippen LogP contribution in [-0.4, -0.2) is 35.0 Å². The number of hydrogen-bond acceptors (Lipinski definition) is 3. The second-order valence-corrected chi connectivity index (χ2v) is 4.44. The normalized spacial score (nSPS) is 10.2. The van der Waals surface area contributed by atoms with Gasteiger partial charge in [0.15, 0.2) is 0 Å². The zero-order valence-electron chi connectivity index (χ0n) is 11.3. The van der Waals surface area contributed by atoms with E-state index >= 15 is 0 Å². The maximum Gasteiger partial charge on any atom is 0.335 e. The summed E-state index contributed by atoms with van der Waals surface area (Å²) in [6.45, 7) is 5.31. The topological polar surface area (TPSA) is 83.6 Å². The molecule has 0 atom stereocenters. The Kier molecular flexibility index (Phi) is 5.36. The van der Waals surface area contributed by atoms with Crippen LogP contribution in [0.15, 0.2) is 18.2 Å². The van der Waals surface area contributed by atoms with Crippen molar-refractivity contribution in [2.24, 2.45) is 0 Å². The number of nitrogens with two attached hydrogens (primary N) is 1. The van der Waals surface area contributed by atoms with E-state index in [2.05, 4.69) is 0 Å². The van der Waals surface area contributed by atoms with E-state index in [9.17, 15) is 9.59 Å². The Bertz CT molecular complexity index is 466. The molecule has 0 radical (unpaired) electrons. The molecule has 0 aromatic heterocycles. The number of aromatic carboxylic acids is 1. The van der Waals surface area contributed by atoms with E-state index in [1.165, 1.54) is 18.2 Å². The van der Waals surface area contributed by atoms with Gasteiger partial charge >= 0.3 is 5.97 Å². The molecule has 0 heterocycles. The van der Waals surface area contributed by atoms with Crippen molar-refractivity contribution in [2.75, 3.05) is 18.8 Å². The predicted octanol–water partition coefficient (Wildman–Crippen LogP) is 2.23. The first-order valence-corrected chi connectivity index (χ1v) is 6.42. The fourth-order valence-electron chi connectivity index (χ4n) is 1.94. The van der Waals surface area contributed by atoms with Crippen LogP contribution < -0.4 is 5.73 Å². The second kappa shape index (κ2) is 6.78. The molecule has 1 amide bonds. The Morgan fingerprint density at radius 1 is 1.11 bits per heavy atom. The number of benzene rings is 1. The minimum Gasteiger partial charge on any atom is -0.478 e. The lowest BCUT2D eigenvalue weighted by Gasteiger charge is -2.21. The number of nitrogen functional groups attached to an aromatic ring is 1. The summed E-state index contributed by atoms with van der Waals surface area (Å²) in [5, 5.41) is 8.98. The molecule has 0 fully saturated rings. The van der Waals surface area contributed by atoms with Gasteiger partial charge in [0.2, 0.25) is 0 Å². The molecule has 0 spiro atoms. The van der Waals surface area contributed by atoms with Crippen molar-refractivity contribution in [3.05, 3.63) is 29.3 Å². The van der Waals surface area contributed by atoms with Crippen molar-refractivity contribution in [1.29, 1.82) is 0 Å². The molecule has 0 aliphatic heterocycles. The van der Waals surface area contributed by atoms with Crippen LogP contribution in [0.3, 0.4) is 0 Å². The highest BCUT2D eigenvalue weighted by molar-refractivity contribution is 5.98. The standard InChI is InChI=1S/C14H20N2O3/c1-3-5-16(6-4-2)13(17)10-7-11(14(18)19)9-12(15)8-10/h7-9H,3-6,15H2,1-2H3,(H,18,19). The summed E-state index contributed by atoms with van der Waals surface area (Å²) in [5.41, 5.74) is 6.31. The smallest absolute Gasteiger partial charge is 0.335 e. The summed E-state index contributed by atoms with van der Waals surface area (Å²) >= 11 is 0. The Morgan fingerprint density at radius 3 is 2.11 bits per heavy atom. The van der Waals surface area contributed by atoms with Gasteiger partial charge in [-0.15, -0.1) is 0 Å². The minimum atomic E-state index is -1.08. The number of carboxylic acid groups (broad SMARTS) is 1. The third-order valence-corrected chi connectivity index (χ3v) is 2.72. The van der Waals surface area contributed by atoms with Gasteiger partial charge in [0.1, 0.15) is 0 Å². The molecule has 0 saturated heterocycles. The number of amides is 1. The van der Waals surface area contributed by atoms with Crippen LogP contribution >= 0.6 is 0 Å². The highest BCUT2D eigenvalue weighted by Crippen LogP contribution is 2.15. The molecule has 0 bridgehead atoms. The van der Waals surface area contributed by atoms with Gasteiger partial charge in [-0.3, -0.25) is 4.79 Å². The van der Waals surface area contributed by atoms with Crippen molar-refractivity contribution in [3.63, 3.8) is 0 Å². The fourth-order valence-corrected chi connectivity index (χ4v) is 1.94. The molecule has 1 rings (SSSR count). The first-order valence-electron chi connectivity index (χ1n) is 6.42. The van der Waals surface area contributed by atoms with E-state index in [0.717, 1.165) is 12.8 Å². The molecule has 1 aromatic carbocycles. The molecule has 5 heteroatoms. The Morgan fingerprint density at radius 2 is 1.63 bits per heavy atom. The number of nitrogens with zero attached hydrogens (tertiary/aromatic N) is 1. The lowest BCUT2D eigenvalue weighted by Crippen LogP contribution is -2.32. The van der Waals surface area contributed by atoms with Crippen molar-refractivity contribution >= 4 is 17.6 Å². The maximum atomic E-state index is 12.3. The molecule has 104 valence electrons. The molecular formula is C14H20N2O3. The SMILES string of the molecule is CCCN(CCC)C(=O)c1cc(N)cc(C(=O)O)c1. The zero-order valence-corrected chi connectivity index (χ0v) is 11.3. The third kappa shape index (κ3) is 3.98. The monoisotopic (exact) mass is 264 g/mol. The van der Waals surface area contributed by atoms with Gasteiger partial charge in [-0.1, -0.05) is 13.8 Å². The van der Waals surface area contributed by atoms with Crippen LogP contribution in [-0.2, 0) is 0 Å². The summed E-state index contributed by atoms with van der Waals surface area (Å²) in [5.74, 6) is -1.25. The van der Waals surface area contributed by atoms with Crippen LogP contribution in [0.4, 0.5) is 5.69 Å². The quantitative estimate of drug-likeness (QED) is 0.772. The van der Waals surface area contributed by atoms with E-state index in [-0.39, 0.29) is 17.2 Å². The molecule has 19 heavy (non-hydrogen) atoms. The van der Waals surface area contributed by atoms with Gasteiger partial charge in [-0.25, -0.2) is 4.79 Å². The molecule has 1 aromatic rings. The summed E-state index contributed by atoms with van der Waals surface area (Å²) < 4.78 is 0. The van der Waals surface area contributed by atoms with E-state index in [1.807, 2.05) is 13.8 Å².